The predicted molar refractivity (Wildman–Crippen MR) is 110 cm³/mol. The van der Waals surface area contributed by atoms with Crippen LogP contribution in [0.2, 0.25) is 0 Å². The molecule has 6 nitrogen and oxygen atoms in total. The van der Waals surface area contributed by atoms with E-state index in [9.17, 15) is 10.2 Å². The average molecular weight is 372 g/mol. The summed E-state index contributed by atoms with van der Waals surface area (Å²) in [6.45, 7) is 3.87. The SMILES string of the molecule is Cc1cc2cnccncc3cc(C)cc(cnccncc(c1)c2O)c3O. The molecule has 0 atom stereocenters. The molecule has 0 aliphatic rings. The fraction of sp³-hybridized carbons (Fsp3) is 0.0909. The number of aryl methyl sites for hydroxylation is 2. The number of hydrogen-bond donors (Lipinski definition) is 2. The van der Waals surface area contributed by atoms with Crippen molar-refractivity contribution in [1.29, 1.82) is 0 Å². The van der Waals surface area contributed by atoms with Crippen molar-refractivity contribution in [2.75, 3.05) is 0 Å². The monoisotopic (exact) mass is 372 g/mol. The first-order valence-electron chi connectivity index (χ1n) is 8.64. The van der Waals surface area contributed by atoms with Crippen LogP contribution in [0.1, 0.15) is 11.1 Å². The molecule has 0 unspecified atom stereocenters. The summed E-state index contributed by atoms with van der Waals surface area (Å²) >= 11 is 0. The largest absolute Gasteiger partial charge is 0.507 e. The van der Waals surface area contributed by atoms with Gasteiger partial charge in [0.2, 0.25) is 0 Å². The standard InChI is InChI=1S/C22H20N4O2/c1-15-7-17-11-23-3-5-25-13-19-9-16(2)10-20(22(19)28)14-26-6-4-24-12-18(8-15)21(17)27/h3-14,27-28H,1-2H3. The van der Waals surface area contributed by atoms with Crippen LogP contribution < -0.4 is 0 Å². The van der Waals surface area contributed by atoms with Gasteiger partial charge in [-0.3, -0.25) is 19.9 Å². The molecule has 0 aliphatic heterocycles. The van der Waals surface area contributed by atoms with Crippen molar-refractivity contribution in [1.82, 2.24) is 19.9 Å². The Balaban J connectivity index is 2.28. The fourth-order valence-corrected chi connectivity index (χ4v) is 2.71. The first kappa shape index (κ1) is 19.0. The van der Waals surface area contributed by atoms with Crippen LogP contribution in [0.3, 0.4) is 0 Å². The maximum Gasteiger partial charge on any atom is 0.133 e. The quantitative estimate of drug-likeness (QED) is 0.607. The zero-order valence-corrected chi connectivity index (χ0v) is 15.6. The molecule has 3 aromatic rings. The third kappa shape index (κ3) is 4.67. The maximum atomic E-state index is 10.4. The molecule has 2 aromatic carbocycles. The highest BCUT2D eigenvalue weighted by molar-refractivity contribution is 5.80. The minimum atomic E-state index is 0.100. The number of rotatable bonds is 0. The lowest BCUT2D eigenvalue weighted by atomic mass is 10.1. The molecule has 0 saturated heterocycles. The number of nitrogens with zero attached hydrogens (tertiary/aromatic N) is 4. The molecule has 4 bridgehead atoms. The molecule has 1 heterocycles. The molecular formula is C22H20N4O2. The van der Waals surface area contributed by atoms with Gasteiger partial charge in [-0.2, -0.15) is 0 Å². The molecule has 0 amide bonds. The lowest BCUT2D eigenvalue weighted by Crippen LogP contribution is -1.78. The van der Waals surface area contributed by atoms with Crippen molar-refractivity contribution in [3.05, 3.63) is 85.0 Å². The molecule has 1 aromatic heterocycles. The van der Waals surface area contributed by atoms with Crippen molar-refractivity contribution in [2.45, 2.75) is 13.8 Å². The van der Waals surface area contributed by atoms with Crippen molar-refractivity contribution in [3.8, 4) is 11.5 Å². The van der Waals surface area contributed by atoms with E-state index < -0.39 is 0 Å². The van der Waals surface area contributed by atoms with Gasteiger partial charge in [-0.1, -0.05) is 0 Å². The lowest BCUT2D eigenvalue weighted by Gasteiger charge is -1.99. The first-order valence-corrected chi connectivity index (χ1v) is 8.64. The summed E-state index contributed by atoms with van der Waals surface area (Å²) in [4.78, 5) is 16.6. The Bertz CT molecular complexity index is 1000. The third-order valence-electron chi connectivity index (χ3n) is 3.96. The van der Waals surface area contributed by atoms with Gasteiger partial charge < -0.3 is 10.2 Å². The van der Waals surface area contributed by atoms with Crippen molar-refractivity contribution in [3.63, 3.8) is 0 Å². The first-order chi connectivity index (χ1) is 13.5. The smallest absolute Gasteiger partial charge is 0.133 e. The Kier molecular flexibility index (Phi) is 5.91. The zero-order valence-electron chi connectivity index (χ0n) is 15.6. The number of phenolic OH excluding ortho intramolecular Hbond substituents is 2. The van der Waals surface area contributed by atoms with Crippen molar-refractivity contribution >= 4 is 21.5 Å². The van der Waals surface area contributed by atoms with Crippen LogP contribution in [-0.4, -0.2) is 30.1 Å². The summed E-state index contributed by atoms with van der Waals surface area (Å²) in [5, 5.41) is 23.1. The second kappa shape index (κ2) is 8.73. The van der Waals surface area contributed by atoms with Gasteiger partial charge in [0.05, 0.1) is 0 Å². The highest BCUT2D eigenvalue weighted by Crippen LogP contribution is 2.25. The molecular weight excluding hydrogens is 352 g/mol. The molecule has 28 heavy (non-hydrogen) atoms. The molecule has 0 aliphatic carbocycles. The minimum Gasteiger partial charge on any atom is -0.507 e. The fourth-order valence-electron chi connectivity index (χ4n) is 2.71. The number of aromatic nitrogens is 4. The van der Waals surface area contributed by atoms with E-state index in [1.807, 2.05) is 38.1 Å². The van der Waals surface area contributed by atoms with Gasteiger partial charge in [-0.05, 0) is 49.2 Å². The Morgan fingerprint density at radius 2 is 0.750 bits per heavy atom. The van der Waals surface area contributed by atoms with Crippen molar-refractivity contribution in [2.24, 2.45) is 0 Å². The molecule has 3 rings (SSSR count). The topological polar surface area (TPSA) is 92.0 Å². The summed E-state index contributed by atoms with van der Waals surface area (Å²) < 4.78 is 0. The van der Waals surface area contributed by atoms with Crippen molar-refractivity contribution < 1.29 is 10.2 Å². The second-order valence-electron chi connectivity index (χ2n) is 6.29. The average Bonchev–Trinajstić information content (AvgIpc) is 2.66. The van der Waals surface area contributed by atoms with Crippen LogP contribution in [0.25, 0.3) is 21.5 Å². The molecule has 2 N–H and O–H groups in total. The van der Waals surface area contributed by atoms with Gasteiger partial charge in [0.1, 0.15) is 11.5 Å². The molecule has 140 valence electrons. The van der Waals surface area contributed by atoms with E-state index in [2.05, 4.69) is 19.9 Å². The molecule has 0 fully saturated rings. The van der Waals surface area contributed by atoms with Crippen LogP contribution in [0.5, 0.6) is 11.5 Å². The van der Waals surface area contributed by atoms with Gasteiger partial charge in [0.15, 0.2) is 0 Å². The lowest BCUT2D eigenvalue weighted by molar-refractivity contribution is 0.486. The number of phenols is 2. The molecule has 0 radical (unpaired) electrons. The number of aromatic hydroxyl groups is 2. The number of fused-ring (bicyclic) bond motifs is 4. The van der Waals surface area contributed by atoms with E-state index >= 15 is 0 Å². The number of hydrogen-bond acceptors (Lipinski definition) is 6. The summed E-state index contributed by atoms with van der Waals surface area (Å²) in [6.07, 6.45) is 12.2. The summed E-state index contributed by atoms with van der Waals surface area (Å²) in [6, 6.07) is 7.33. The molecule has 0 saturated carbocycles. The van der Waals surface area contributed by atoms with E-state index in [-0.39, 0.29) is 11.5 Å². The summed E-state index contributed by atoms with van der Waals surface area (Å²) in [7, 11) is 0. The Labute approximate surface area is 162 Å². The van der Waals surface area contributed by atoms with Gasteiger partial charge in [-0.15, -0.1) is 0 Å². The van der Waals surface area contributed by atoms with Crippen LogP contribution in [0.15, 0.2) is 73.8 Å². The molecule has 6 heteroatoms. The van der Waals surface area contributed by atoms with Crippen LogP contribution in [-0.2, 0) is 0 Å². The second-order valence-corrected chi connectivity index (χ2v) is 6.29. The van der Waals surface area contributed by atoms with E-state index in [1.165, 1.54) is 24.8 Å². The maximum absolute atomic E-state index is 10.4. The normalized spacial score (nSPS) is 10.1. The molecule has 0 spiro atoms. The van der Waals surface area contributed by atoms with Gasteiger partial charge in [0.25, 0.3) is 0 Å². The Morgan fingerprint density at radius 1 is 0.500 bits per heavy atom. The summed E-state index contributed by atoms with van der Waals surface area (Å²) in [5.74, 6) is 0.201. The van der Waals surface area contributed by atoms with E-state index in [0.29, 0.717) is 21.5 Å². The van der Waals surface area contributed by atoms with E-state index in [0.717, 1.165) is 11.1 Å². The Hall–Kier alpha value is -3.80. The van der Waals surface area contributed by atoms with Gasteiger partial charge in [-0.25, -0.2) is 0 Å². The van der Waals surface area contributed by atoms with Gasteiger partial charge in [0, 0.05) is 71.1 Å². The van der Waals surface area contributed by atoms with Crippen LogP contribution >= 0.6 is 0 Å². The number of benzene rings is 2. The third-order valence-corrected chi connectivity index (χ3v) is 3.96. The summed E-state index contributed by atoms with van der Waals surface area (Å²) in [5.41, 5.74) is 1.95. The minimum absolute atomic E-state index is 0.100. The highest BCUT2D eigenvalue weighted by atomic mass is 16.3. The Morgan fingerprint density at radius 3 is 1.00 bits per heavy atom. The highest BCUT2D eigenvalue weighted by Gasteiger charge is 1.99. The van der Waals surface area contributed by atoms with E-state index in [4.69, 9.17) is 0 Å². The van der Waals surface area contributed by atoms with Crippen LogP contribution in [0, 0.1) is 13.8 Å². The predicted octanol–water partition coefficient (Wildman–Crippen LogP) is 4.41. The zero-order chi connectivity index (χ0) is 19.9. The van der Waals surface area contributed by atoms with E-state index in [1.54, 1.807) is 24.8 Å². The van der Waals surface area contributed by atoms with Gasteiger partial charge >= 0.3 is 0 Å². The van der Waals surface area contributed by atoms with Crippen LogP contribution in [0.4, 0.5) is 0 Å².